The lowest BCUT2D eigenvalue weighted by atomic mass is 10.0. The number of aliphatic hydroxyl groups excluding tert-OH is 1. The fraction of sp³-hybridized carbons (Fsp3) is 0.500. The van der Waals surface area contributed by atoms with E-state index in [4.69, 9.17) is 0 Å². The zero-order chi connectivity index (χ0) is 12.1. The topological polar surface area (TPSA) is 20.2 Å². The molecule has 0 saturated carbocycles. The summed E-state index contributed by atoms with van der Waals surface area (Å²) >= 11 is 0. The van der Waals surface area contributed by atoms with E-state index in [0.29, 0.717) is 6.42 Å². The van der Waals surface area contributed by atoms with Gasteiger partial charge in [-0.1, -0.05) is 26.2 Å². The number of hydrogen-bond donors (Lipinski definition) is 1. The first-order valence-corrected chi connectivity index (χ1v) is 5.38. The van der Waals surface area contributed by atoms with Gasteiger partial charge in [0.15, 0.2) is 17.5 Å². The molecule has 1 atom stereocenters. The Balaban J connectivity index is 2.72. The summed E-state index contributed by atoms with van der Waals surface area (Å²) in [5.74, 6) is -4.02. The van der Waals surface area contributed by atoms with Crippen molar-refractivity contribution in [3.8, 4) is 0 Å². The lowest BCUT2D eigenvalue weighted by Gasteiger charge is -2.11. The van der Waals surface area contributed by atoms with E-state index >= 15 is 0 Å². The summed E-state index contributed by atoms with van der Waals surface area (Å²) in [5, 5.41) is 9.63. The van der Waals surface area contributed by atoms with Crippen LogP contribution in [-0.2, 0) is 0 Å². The van der Waals surface area contributed by atoms with Gasteiger partial charge in [0.2, 0.25) is 0 Å². The second-order valence-electron chi connectivity index (χ2n) is 3.81. The van der Waals surface area contributed by atoms with E-state index in [0.717, 1.165) is 31.4 Å². The molecular weight excluding hydrogens is 217 g/mol. The molecule has 1 N–H and O–H groups in total. The van der Waals surface area contributed by atoms with Gasteiger partial charge in [-0.25, -0.2) is 13.2 Å². The second-order valence-corrected chi connectivity index (χ2v) is 3.81. The first kappa shape index (κ1) is 13.0. The Morgan fingerprint density at radius 1 is 1.12 bits per heavy atom. The molecule has 0 fully saturated rings. The van der Waals surface area contributed by atoms with E-state index in [9.17, 15) is 18.3 Å². The number of benzene rings is 1. The van der Waals surface area contributed by atoms with Crippen LogP contribution >= 0.6 is 0 Å². The van der Waals surface area contributed by atoms with Gasteiger partial charge in [0.05, 0.1) is 6.10 Å². The van der Waals surface area contributed by atoms with Crippen molar-refractivity contribution in [1.29, 1.82) is 0 Å². The Labute approximate surface area is 92.9 Å². The van der Waals surface area contributed by atoms with Crippen molar-refractivity contribution < 1.29 is 18.3 Å². The summed E-state index contributed by atoms with van der Waals surface area (Å²) in [4.78, 5) is 0. The Bertz CT molecular complexity index is 329. The van der Waals surface area contributed by atoms with Crippen molar-refractivity contribution in [2.75, 3.05) is 0 Å². The lowest BCUT2D eigenvalue weighted by molar-refractivity contribution is 0.162. The van der Waals surface area contributed by atoms with Crippen molar-refractivity contribution >= 4 is 0 Å². The minimum absolute atomic E-state index is 0.0903. The summed E-state index contributed by atoms with van der Waals surface area (Å²) in [5.41, 5.74) is 0.0903. The predicted octanol–water partition coefficient (Wildman–Crippen LogP) is 3.72. The van der Waals surface area contributed by atoms with Crippen LogP contribution in [-0.4, -0.2) is 5.11 Å². The van der Waals surface area contributed by atoms with Crippen LogP contribution in [0.5, 0.6) is 0 Å². The highest BCUT2D eigenvalue weighted by atomic mass is 19.2. The molecule has 1 nitrogen and oxygen atoms in total. The number of aliphatic hydroxyl groups is 1. The molecule has 1 unspecified atom stereocenters. The molecule has 1 aromatic carbocycles. The molecule has 0 radical (unpaired) electrons. The standard InChI is InChI=1S/C12H15F3O/c1-2-3-4-5-11(16)8-6-9(13)12(15)10(14)7-8/h6-7,11,16H,2-5H2,1H3. The third-order valence-corrected chi connectivity index (χ3v) is 2.47. The van der Waals surface area contributed by atoms with E-state index in [1.165, 1.54) is 0 Å². The molecule has 90 valence electrons. The van der Waals surface area contributed by atoms with Gasteiger partial charge < -0.3 is 5.11 Å². The Morgan fingerprint density at radius 3 is 2.19 bits per heavy atom. The van der Waals surface area contributed by atoms with Gasteiger partial charge in [-0.15, -0.1) is 0 Å². The molecule has 0 saturated heterocycles. The van der Waals surface area contributed by atoms with Gasteiger partial charge in [0.1, 0.15) is 0 Å². The maximum absolute atomic E-state index is 12.9. The largest absolute Gasteiger partial charge is 0.388 e. The molecule has 0 bridgehead atoms. The smallest absolute Gasteiger partial charge is 0.194 e. The molecule has 0 heterocycles. The summed E-state index contributed by atoms with van der Waals surface area (Å²) < 4.78 is 38.4. The fourth-order valence-corrected chi connectivity index (χ4v) is 1.52. The lowest BCUT2D eigenvalue weighted by Crippen LogP contribution is -2.01. The van der Waals surface area contributed by atoms with Crippen LogP contribution in [0.4, 0.5) is 13.2 Å². The normalized spacial score (nSPS) is 12.8. The van der Waals surface area contributed by atoms with Crippen molar-refractivity contribution in [1.82, 2.24) is 0 Å². The maximum Gasteiger partial charge on any atom is 0.194 e. The molecule has 16 heavy (non-hydrogen) atoms. The van der Waals surface area contributed by atoms with Crippen LogP contribution < -0.4 is 0 Å². The van der Waals surface area contributed by atoms with Gasteiger partial charge in [0, 0.05) is 0 Å². The summed E-state index contributed by atoms with van der Waals surface area (Å²) in [6.45, 7) is 2.02. The molecule has 0 amide bonds. The minimum Gasteiger partial charge on any atom is -0.388 e. The second kappa shape index (κ2) is 5.89. The molecule has 0 aromatic heterocycles. The van der Waals surface area contributed by atoms with Crippen LogP contribution in [0.15, 0.2) is 12.1 Å². The maximum atomic E-state index is 12.9. The first-order chi connectivity index (χ1) is 7.56. The molecule has 0 spiro atoms. The Morgan fingerprint density at radius 2 is 1.69 bits per heavy atom. The van der Waals surface area contributed by atoms with Crippen molar-refractivity contribution in [2.24, 2.45) is 0 Å². The highest BCUT2D eigenvalue weighted by molar-refractivity contribution is 5.21. The first-order valence-electron chi connectivity index (χ1n) is 5.38. The third kappa shape index (κ3) is 3.23. The predicted molar refractivity (Wildman–Crippen MR) is 55.4 cm³/mol. The van der Waals surface area contributed by atoms with Crippen molar-refractivity contribution in [2.45, 2.75) is 38.7 Å². The van der Waals surface area contributed by atoms with E-state index < -0.39 is 23.6 Å². The summed E-state index contributed by atoms with van der Waals surface area (Å²) in [6, 6.07) is 1.68. The fourth-order valence-electron chi connectivity index (χ4n) is 1.52. The van der Waals surface area contributed by atoms with Gasteiger partial charge in [-0.3, -0.25) is 0 Å². The van der Waals surface area contributed by atoms with E-state index in [-0.39, 0.29) is 5.56 Å². The van der Waals surface area contributed by atoms with Crippen LogP contribution in [0.25, 0.3) is 0 Å². The number of rotatable bonds is 5. The SMILES string of the molecule is CCCCCC(O)c1cc(F)c(F)c(F)c1. The Hall–Kier alpha value is -1.03. The molecule has 0 aliphatic heterocycles. The molecule has 4 heteroatoms. The molecule has 1 aromatic rings. The average molecular weight is 232 g/mol. The molecule has 0 aliphatic rings. The van der Waals surface area contributed by atoms with Gasteiger partial charge >= 0.3 is 0 Å². The summed E-state index contributed by atoms with van der Waals surface area (Å²) in [6.07, 6.45) is 2.22. The third-order valence-electron chi connectivity index (χ3n) is 2.47. The van der Waals surface area contributed by atoms with Crippen LogP contribution in [0.2, 0.25) is 0 Å². The van der Waals surface area contributed by atoms with Gasteiger partial charge in [-0.05, 0) is 24.1 Å². The zero-order valence-electron chi connectivity index (χ0n) is 9.14. The highest BCUT2D eigenvalue weighted by Gasteiger charge is 2.15. The number of unbranched alkanes of at least 4 members (excludes halogenated alkanes) is 2. The number of halogens is 3. The van der Waals surface area contributed by atoms with E-state index in [2.05, 4.69) is 0 Å². The van der Waals surface area contributed by atoms with Crippen LogP contribution in [0.1, 0.15) is 44.3 Å². The van der Waals surface area contributed by atoms with Gasteiger partial charge in [0.25, 0.3) is 0 Å². The van der Waals surface area contributed by atoms with E-state index in [1.807, 2.05) is 6.92 Å². The molecule has 0 aliphatic carbocycles. The van der Waals surface area contributed by atoms with E-state index in [1.54, 1.807) is 0 Å². The monoisotopic (exact) mass is 232 g/mol. The van der Waals surface area contributed by atoms with Gasteiger partial charge in [-0.2, -0.15) is 0 Å². The van der Waals surface area contributed by atoms with Crippen LogP contribution in [0, 0.1) is 17.5 Å². The van der Waals surface area contributed by atoms with Crippen molar-refractivity contribution in [3.63, 3.8) is 0 Å². The van der Waals surface area contributed by atoms with Crippen LogP contribution in [0.3, 0.4) is 0 Å². The quantitative estimate of drug-likeness (QED) is 0.606. The zero-order valence-corrected chi connectivity index (χ0v) is 9.14. The molecule has 1 rings (SSSR count). The highest BCUT2D eigenvalue weighted by Crippen LogP contribution is 2.23. The average Bonchev–Trinajstić information content (AvgIpc) is 2.25. The number of hydrogen-bond acceptors (Lipinski definition) is 1. The summed E-state index contributed by atoms with van der Waals surface area (Å²) in [7, 11) is 0. The molecular formula is C12H15F3O. The van der Waals surface area contributed by atoms with Crippen molar-refractivity contribution in [3.05, 3.63) is 35.1 Å². The Kier molecular flexibility index (Phi) is 4.80. The minimum atomic E-state index is -1.50.